The second kappa shape index (κ2) is 4.80. The molecule has 0 saturated heterocycles. The zero-order valence-electron chi connectivity index (χ0n) is 10.5. The summed E-state index contributed by atoms with van der Waals surface area (Å²) in [7, 11) is 1.90. The molecular weight excluding hydrogens is 226 g/mol. The number of hydrogen-bond acceptors (Lipinski definition) is 4. The Morgan fingerprint density at radius 1 is 1.11 bits per heavy atom. The monoisotopic (exact) mass is 243 g/mol. The Bertz CT molecular complexity index is 512. The minimum atomic E-state index is 0.475. The number of aromatic nitrogens is 2. The van der Waals surface area contributed by atoms with E-state index >= 15 is 0 Å². The molecular formula is C14H17N3O. The molecule has 3 rings (SSSR count). The lowest BCUT2D eigenvalue weighted by atomic mass is 10.1. The minimum Gasteiger partial charge on any atom is -0.420 e. The molecule has 1 aromatic heterocycles. The van der Waals surface area contributed by atoms with E-state index in [2.05, 4.69) is 15.5 Å². The van der Waals surface area contributed by atoms with Crippen LogP contribution in [0.15, 0.2) is 28.7 Å². The lowest BCUT2D eigenvalue weighted by Crippen LogP contribution is -1.91. The fourth-order valence-electron chi connectivity index (χ4n) is 2.47. The number of benzene rings is 1. The van der Waals surface area contributed by atoms with E-state index in [0.29, 0.717) is 11.8 Å². The highest BCUT2D eigenvalue weighted by molar-refractivity contribution is 5.58. The van der Waals surface area contributed by atoms with Crippen LogP contribution in [-0.4, -0.2) is 17.2 Å². The van der Waals surface area contributed by atoms with Crippen LogP contribution in [0.25, 0.3) is 11.5 Å². The fourth-order valence-corrected chi connectivity index (χ4v) is 2.47. The van der Waals surface area contributed by atoms with Crippen molar-refractivity contribution in [2.45, 2.75) is 31.6 Å². The second-order valence-electron chi connectivity index (χ2n) is 4.75. The van der Waals surface area contributed by atoms with Crippen LogP contribution >= 0.6 is 0 Å². The van der Waals surface area contributed by atoms with Gasteiger partial charge in [-0.1, -0.05) is 12.8 Å². The van der Waals surface area contributed by atoms with Crippen LogP contribution in [0.1, 0.15) is 37.5 Å². The van der Waals surface area contributed by atoms with E-state index < -0.39 is 0 Å². The van der Waals surface area contributed by atoms with Crippen molar-refractivity contribution in [3.63, 3.8) is 0 Å². The number of nitrogens with zero attached hydrogens (tertiary/aromatic N) is 2. The summed E-state index contributed by atoms with van der Waals surface area (Å²) in [5.74, 6) is 1.91. The molecule has 0 bridgehead atoms. The number of nitrogens with one attached hydrogen (secondary N) is 1. The molecule has 1 aromatic carbocycles. The predicted molar refractivity (Wildman–Crippen MR) is 70.5 cm³/mol. The van der Waals surface area contributed by atoms with Crippen LogP contribution in [0.5, 0.6) is 0 Å². The van der Waals surface area contributed by atoms with Crippen LogP contribution in [-0.2, 0) is 0 Å². The predicted octanol–water partition coefficient (Wildman–Crippen LogP) is 3.44. The molecule has 0 atom stereocenters. The van der Waals surface area contributed by atoms with Crippen molar-refractivity contribution in [2.75, 3.05) is 12.4 Å². The lowest BCUT2D eigenvalue weighted by molar-refractivity contribution is 0.457. The third-order valence-electron chi connectivity index (χ3n) is 3.57. The summed E-state index contributed by atoms with van der Waals surface area (Å²) in [6.07, 6.45) is 4.92. The topological polar surface area (TPSA) is 51.0 Å². The Morgan fingerprint density at radius 2 is 1.83 bits per heavy atom. The molecule has 18 heavy (non-hydrogen) atoms. The molecule has 4 heteroatoms. The molecule has 1 N–H and O–H groups in total. The van der Waals surface area contributed by atoms with E-state index in [1.54, 1.807) is 0 Å². The summed E-state index contributed by atoms with van der Waals surface area (Å²) in [6, 6.07) is 8.01. The van der Waals surface area contributed by atoms with Crippen LogP contribution in [0.3, 0.4) is 0 Å². The summed E-state index contributed by atoms with van der Waals surface area (Å²) in [4.78, 5) is 0. The maximum atomic E-state index is 5.78. The highest BCUT2D eigenvalue weighted by Gasteiger charge is 2.22. The number of hydrogen-bond donors (Lipinski definition) is 1. The van der Waals surface area contributed by atoms with Crippen LogP contribution < -0.4 is 5.32 Å². The van der Waals surface area contributed by atoms with Gasteiger partial charge in [0.15, 0.2) is 0 Å². The average Bonchev–Trinajstić information content (AvgIpc) is 3.09. The van der Waals surface area contributed by atoms with E-state index in [9.17, 15) is 0 Å². The van der Waals surface area contributed by atoms with Crippen molar-refractivity contribution in [3.8, 4) is 11.5 Å². The van der Waals surface area contributed by atoms with Gasteiger partial charge in [0.25, 0.3) is 0 Å². The van der Waals surface area contributed by atoms with E-state index in [0.717, 1.165) is 17.1 Å². The van der Waals surface area contributed by atoms with Gasteiger partial charge in [-0.3, -0.25) is 0 Å². The molecule has 1 aliphatic carbocycles. The molecule has 94 valence electrons. The van der Waals surface area contributed by atoms with Crippen molar-refractivity contribution in [1.29, 1.82) is 0 Å². The van der Waals surface area contributed by atoms with Gasteiger partial charge in [0.2, 0.25) is 11.8 Å². The molecule has 1 fully saturated rings. The second-order valence-corrected chi connectivity index (χ2v) is 4.75. The molecule has 1 saturated carbocycles. The molecule has 0 radical (unpaired) electrons. The van der Waals surface area contributed by atoms with Gasteiger partial charge in [0.05, 0.1) is 0 Å². The van der Waals surface area contributed by atoms with Gasteiger partial charge in [0.1, 0.15) is 0 Å². The smallest absolute Gasteiger partial charge is 0.247 e. The van der Waals surface area contributed by atoms with E-state index in [4.69, 9.17) is 4.42 Å². The minimum absolute atomic E-state index is 0.475. The zero-order valence-corrected chi connectivity index (χ0v) is 10.5. The van der Waals surface area contributed by atoms with E-state index in [1.807, 2.05) is 31.3 Å². The van der Waals surface area contributed by atoms with Gasteiger partial charge < -0.3 is 9.73 Å². The Balaban J connectivity index is 1.82. The molecule has 4 nitrogen and oxygen atoms in total. The van der Waals surface area contributed by atoms with Gasteiger partial charge in [-0.05, 0) is 37.1 Å². The van der Waals surface area contributed by atoms with E-state index in [1.165, 1.54) is 25.7 Å². The summed E-state index contributed by atoms with van der Waals surface area (Å²) in [5.41, 5.74) is 2.06. The highest BCUT2D eigenvalue weighted by atomic mass is 16.4. The highest BCUT2D eigenvalue weighted by Crippen LogP contribution is 2.34. The van der Waals surface area contributed by atoms with E-state index in [-0.39, 0.29) is 0 Å². The van der Waals surface area contributed by atoms with Gasteiger partial charge in [-0.25, -0.2) is 0 Å². The Morgan fingerprint density at radius 3 is 2.50 bits per heavy atom. The number of rotatable bonds is 3. The fraction of sp³-hybridized carbons (Fsp3) is 0.429. The van der Waals surface area contributed by atoms with Gasteiger partial charge in [0, 0.05) is 24.2 Å². The first-order chi connectivity index (χ1) is 8.86. The first kappa shape index (κ1) is 11.3. The molecule has 0 unspecified atom stereocenters. The third-order valence-corrected chi connectivity index (χ3v) is 3.57. The van der Waals surface area contributed by atoms with Crippen molar-refractivity contribution in [3.05, 3.63) is 30.2 Å². The van der Waals surface area contributed by atoms with Crippen molar-refractivity contribution < 1.29 is 4.42 Å². The van der Waals surface area contributed by atoms with Gasteiger partial charge >= 0.3 is 0 Å². The summed E-state index contributed by atoms with van der Waals surface area (Å²) in [6.45, 7) is 0. The van der Waals surface area contributed by atoms with Crippen LogP contribution in [0.4, 0.5) is 5.69 Å². The van der Waals surface area contributed by atoms with Crippen LogP contribution in [0, 0.1) is 0 Å². The van der Waals surface area contributed by atoms with Crippen molar-refractivity contribution in [2.24, 2.45) is 0 Å². The molecule has 1 heterocycles. The quantitative estimate of drug-likeness (QED) is 0.897. The van der Waals surface area contributed by atoms with Crippen molar-refractivity contribution >= 4 is 5.69 Å². The average molecular weight is 243 g/mol. The first-order valence-corrected chi connectivity index (χ1v) is 6.48. The number of anilines is 1. The Kier molecular flexibility index (Phi) is 3.00. The zero-order chi connectivity index (χ0) is 12.4. The maximum Gasteiger partial charge on any atom is 0.247 e. The summed E-state index contributed by atoms with van der Waals surface area (Å²) >= 11 is 0. The largest absolute Gasteiger partial charge is 0.420 e. The SMILES string of the molecule is CNc1ccc(-c2nnc(C3CCCC3)o2)cc1. The Labute approximate surface area is 106 Å². The molecule has 1 aliphatic rings. The van der Waals surface area contributed by atoms with Gasteiger partial charge in [-0.2, -0.15) is 0 Å². The first-order valence-electron chi connectivity index (χ1n) is 6.48. The molecule has 2 aromatic rings. The third kappa shape index (κ3) is 2.10. The molecule has 0 spiro atoms. The Hall–Kier alpha value is -1.84. The summed E-state index contributed by atoms with van der Waals surface area (Å²) < 4.78 is 5.78. The standard InChI is InChI=1S/C14H17N3O/c1-15-12-8-6-11(7-9-12)14-17-16-13(18-14)10-4-2-3-5-10/h6-10,15H,2-5H2,1H3. The van der Waals surface area contributed by atoms with Gasteiger partial charge in [-0.15, -0.1) is 10.2 Å². The molecule has 0 aliphatic heterocycles. The van der Waals surface area contributed by atoms with Crippen molar-refractivity contribution in [1.82, 2.24) is 10.2 Å². The maximum absolute atomic E-state index is 5.78. The molecule has 0 amide bonds. The normalized spacial score (nSPS) is 16.1. The lowest BCUT2D eigenvalue weighted by Gasteiger charge is -2.01. The van der Waals surface area contributed by atoms with Crippen LogP contribution in [0.2, 0.25) is 0 Å². The summed E-state index contributed by atoms with van der Waals surface area (Å²) in [5, 5.41) is 11.4.